The lowest BCUT2D eigenvalue weighted by Gasteiger charge is -2.22. The van der Waals surface area contributed by atoms with Crippen LogP contribution in [0.5, 0.6) is 0 Å². The lowest BCUT2D eigenvalue weighted by molar-refractivity contribution is -0.141. The van der Waals surface area contributed by atoms with Gasteiger partial charge in [0.15, 0.2) is 6.04 Å². The van der Waals surface area contributed by atoms with Crippen molar-refractivity contribution in [3.63, 3.8) is 0 Å². The number of hydrogen-bond donors (Lipinski definition) is 4. The van der Waals surface area contributed by atoms with Gasteiger partial charge in [0.2, 0.25) is 0 Å². The van der Waals surface area contributed by atoms with Gasteiger partial charge in [-0.3, -0.25) is 0 Å². The molecule has 1 saturated carbocycles. The van der Waals surface area contributed by atoms with Crippen LogP contribution < -0.4 is 10.6 Å². The molecule has 1 fully saturated rings. The molecule has 19 heavy (non-hydrogen) atoms. The van der Waals surface area contributed by atoms with Gasteiger partial charge in [0, 0.05) is 6.54 Å². The van der Waals surface area contributed by atoms with Crippen LogP contribution in [0.4, 0.5) is 4.79 Å². The van der Waals surface area contributed by atoms with E-state index < -0.39 is 24.1 Å². The van der Waals surface area contributed by atoms with E-state index in [0.29, 0.717) is 12.5 Å². The van der Waals surface area contributed by atoms with E-state index in [4.69, 9.17) is 5.11 Å². The van der Waals surface area contributed by atoms with Crippen LogP contribution in [0.25, 0.3) is 0 Å². The fraction of sp³-hybridized carbons (Fsp3) is 0.846. The third-order valence-corrected chi connectivity index (χ3v) is 3.60. The van der Waals surface area contributed by atoms with Gasteiger partial charge in [-0.05, 0) is 19.3 Å². The van der Waals surface area contributed by atoms with Crippen molar-refractivity contribution in [2.75, 3.05) is 6.54 Å². The van der Waals surface area contributed by atoms with Gasteiger partial charge in [0.05, 0.1) is 6.10 Å². The molecule has 0 aromatic rings. The monoisotopic (exact) mass is 272 g/mol. The van der Waals surface area contributed by atoms with Crippen LogP contribution in [0, 0.1) is 5.92 Å². The van der Waals surface area contributed by atoms with E-state index in [9.17, 15) is 14.7 Å². The van der Waals surface area contributed by atoms with Gasteiger partial charge in [-0.25, -0.2) is 9.59 Å². The molecule has 1 aliphatic rings. The van der Waals surface area contributed by atoms with Crippen LogP contribution in [0.1, 0.15) is 45.4 Å². The van der Waals surface area contributed by atoms with Crippen molar-refractivity contribution in [2.24, 2.45) is 5.92 Å². The highest BCUT2D eigenvalue weighted by Crippen LogP contribution is 2.25. The Kier molecular flexibility index (Phi) is 6.62. The fourth-order valence-electron chi connectivity index (χ4n) is 2.45. The molecular formula is C13H24N2O4. The van der Waals surface area contributed by atoms with Crippen molar-refractivity contribution in [2.45, 2.75) is 57.6 Å². The number of amides is 2. The number of rotatable bonds is 6. The normalized spacial score (nSPS) is 19.5. The molecule has 0 saturated heterocycles. The summed E-state index contributed by atoms with van der Waals surface area (Å²) in [6.07, 6.45) is 6.07. The maximum absolute atomic E-state index is 11.5. The van der Waals surface area contributed by atoms with Crippen LogP contribution in [0.3, 0.4) is 0 Å². The zero-order valence-corrected chi connectivity index (χ0v) is 11.4. The summed E-state index contributed by atoms with van der Waals surface area (Å²) in [6, 6.07) is -1.81. The molecule has 0 aliphatic heterocycles. The average Bonchev–Trinajstić information content (AvgIpc) is 2.36. The zero-order valence-electron chi connectivity index (χ0n) is 11.4. The first-order chi connectivity index (χ1) is 9.00. The van der Waals surface area contributed by atoms with Crippen molar-refractivity contribution in [3.8, 4) is 0 Å². The lowest BCUT2D eigenvalue weighted by Crippen LogP contribution is -2.51. The first-order valence-corrected chi connectivity index (χ1v) is 6.96. The molecule has 0 spiro atoms. The summed E-state index contributed by atoms with van der Waals surface area (Å²) < 4.78 is 0. The van der Waals surface area contributed by atoms with Crippen LogP contribution in [-0.4, -0.2) is 40.9 Å². The molecule has 6 nitrogen and oxygen atoms in total. The number of aliphatic hydroxyl groups is 1. The minimum atomic E-state index is -1.27. The van der Waals surface area contributed by atoms with Gasteiger partial charge in [0.1, 0.15) is 0 Å². The number of aliphatic carboxylic acids is 1. The minimum Gasteiger partial charge on any atom is -0.480 e. The maximum Gasteiger partial charge on any atom is 0.328 e. The molecule has 0 heterocycles. The minimum absolute atomic E-state index is 0.538. The van der Waals surface area contributed by atoms with Gasteiger partial charge >= 0.3 is 12.0 Å². The Hall–Kier alpha value is -1.30. The SMILES string of the molecule is CC(O)C(NC(=O)NCCC1CCCCC1)C(=O)O. The molecule has 0 radical (unpaired) electrons. The summed E-state index contributed by atoms with van der Waals surface area (Å²) >= 11 is 0. The highest BCUT2D eigenvalue weighted by atomic mass is 16.4. The van der Waals surface area contributed by atoms with Crippen LogP contribution >= 0.6 is 0 Å². The first kappa shape index (κ1) is 15.8. The summed E-state index contributed by atoms with van der Waals surface area (Å²) in [5, 5.41) is 23.0. The molecule has 1 rings (SSSR count). The van der Waals surface area contributed by atoms with Crippen LogP contribution in [0.15, 0.2) is 0 Å². The topological polar surface area (TPSA) is 98.7 Å². The zero-order chi connectivity index (χ0) is 14.3. The van der Waals surface area contributed by atoms with Gasteiger partial charge in [-0.2, -0.15) is 0 Å². The summed E-state index contributed by atoms with van der Waals surface area (Å²) in [4.78, 5) is 22.3. The van der Waals surface area contributed by atoms with Gasteiger partial charge in [-0.15, -0.1) is 0 Å². The number of urea groups is 1. The second-order valence-corrected chi connectivity index (χ2v) is 5.25. The largest absolute Gasteiger partial charge is 0.480 e. The Balaban J connectivity index is 2.21. The van der Waals surface area contributed by atoms with Gasteiger partial charge in [-0.1, -0.05) is 32.1 Å². The summed E-state index contributed by atoms with van der Waals surface area (Å²) in [5.74, 6) is -0.571. The van der Waals surface area contributed by atoms with E-state index in [2.05, 4.69) is 10.6 Å². The van der Waals surface area contributed by atoms with E-state index in [-0.39, 0.29) is 0 Å². The average molecular weight is 272 g/mol. The summed E-state index contributed by atoms with van der Waals surface area (Å²) in [6.45, 7) is 1.88. The summed E-state index contributed by atoms with van der Waals surface area (Å²) in [5.41, 5.74) is 0. The van der Waals surface area contributed by atoms with Crippen LogP contribution in [-0.2, 0) is 4.79 Å². The Morgan fingerprint density at radius 2 is 1.89 bits per heavy atom. The number of carbonyl (C=O) groups is 2. The predicted octanol–water partition coefficient (Wildman–Crippen LogP) is 1.09. The number of carboxylic acids is 1. The molecule has 6 heteroatoms. The van der Waals surface area contributed by atoms with Gasteiger partial charge in [0.25, 0.3) is 0 Å². The molecular weight excluding hydrogens is 248 g/mol. The van der Waals surface area contributed by atoms with E-state index in [0.717, 1.165) is 6.42 Å². The van der Waals surface area contributed by atoms with Crippen molar-refractivity contribution < 1.29 is 19.8 Å². The number of nitrogens with one attached hydrogen (secondary N) is 2. The Bertz CT molecular complexity index is 301. The van der Waals surface area contributed by atoms with Crippen molar-refractivity contribution >= 4 is 12.0 Å². The standard InChI is InChI=1S/C13H24N2O4/c1-9(16)11(12(17)18)15-13(19)14-8-7-10-5-3-2-4-6-10/h9-11,16H,2-8H2,1H3,(H,17,18)(H2,14,15,19). The Morgan fingerprint density at radius 1 is 1.26 bits per heavy atom. The first-order valence-electron chi connectivity index (χ1n) is 6.96. The highest BCUT2D eigenvalue weighted by molar-refractivity contribution is 5.82. The highest BCUT2D eigenvalue weighted by Gasteiger charge is 2.24. The predicted molar refractivity (Wildman–Crippen MR) is 70.8 cm³/mol. The number of carboxylic acid groups (broad SMARTS) is 1. The van der Waals surface area contributed by atoms with E-state index in [1.165, 1.54) is 39.0 Å². The van der Waals surface area contributed by atoms with E-state index >= 15 is 0 Å². The molecule has 0 aromatic heterocycles. The second-order valence-electron chi connectivity index (χ2n) is 5.25. The molecule has 110 valence electrons. The third-order valence-electron chi connectivity index (χ3n) is 3.60. The molecule has 2 atom stereocenters. The number of carbonyl (C=O) groups excluding carboxylic acids is 1. The molecule has 0 aromatic carbocycles. The van der Waals surface area contributed by atoms with Crippen molar-refractivity contribution in [3.05, 3.63) is 0 Å². The lowest BCUT2D eigenvalue weighted by atomic mass is 9.87. The number of hydrogen-bond acceptors (Lipinski definition) is 3. The van der Waals surface area contributed by atoms with Crippen LogP contribution in [0.2, 0.25) is 0 Å². The Labute approximate surface area is 113 Å². The second kappa shape index (κ2) is 7.99. The third kappa shape index (κ3) is 5.92. The maximum atomic E-state index is 11.5. The van der Waals surface area contributed by atoms with E-state index in [1.807, 2.05) is 0 Å². The molecule has 1 aliphatic carbocycles. The molecule has 2 unspecified atom stereocenters. The Morgan fingerprint density at radius 3 is 2.42 bits per heavy atom. The molecule has 2 amide bonds. The van der Waals surface area contributed by atoms with E-state index in [1.54, 1.807) is 0 Å². The molecule has 0 bridgehead atoms. The smallest absolute Gasteiger partial charge is 0.328 e. The number of aliphatic hydroxyl groups excluding tert-OH is 1. The van der Waals surface area contributed by atoms with Crippen molar-refractivity contribution in [1.82, 2.24) is 10.6 Å². The fourth-order valence-corrected chi connectivity index (χ4v) is 2.45. The summed E-state index contributed by atoms with van der Waals surface area (Å²) in [7, 11) is 0. The van der Waals surface area contributed by atoms with Crippen molar-refractivity contribution in [1.29, 1.82) is 0 Å². The van der Waals surface area contributed by atoms with Gasteiger partial charge < -0.3 is 20.8 Å². The quantitative estimate of drug-likeness (QED) is 0.581. The molecule has 4 N–H and O–H groups in total.